The van der Waals surface area contributed by atoms with Gasteiger partial charge >= 0.3 is 0 Å². The van der Waals surface area contributed by atoms with Gasteiger partial charge in [-0.1, -0.05) is 24.1 Å². The second kappa shape index (κ2) is 9.01. The van der Waals surface area contributed by atoms with Crippen molar-refractivity contribution in [3.8, 4) is 5.75 Å². The third-order valence-electron chi connectivity index (χ3n) is 4.22. The maximum Gasteiger partial charge on any atom is 0.223 e. The minimum atomic E-state index is -0.0469. The molecule has 0 saturated heterocycles. The number of hydrogen-bond donors (Lipinski definition) is 2. The van der Waals surface area contributed by atoms with Crippen LogP contribution < -0.4 is 15.8 Å². The molecular formula is C17H27ClN2O2. The number of ether oxygens (including phenoxy) is 1. The van der Waals surface area contributed by atoms with E-state index in [-0.39, 0.29) is 30.3 Å². The van der Waals surface area contributed by atoms with Crippen LogP contribution in [0.25, 0.3) is 0 Å². The molecule has 0 aliphatic heterocycles. The fourth-order valence-electron chi connectivity index (χ4n) is 2.93. The van der Waals surface area contributed by atoms with Gasteiger partial charge in [0.2, 0.25) is 5.91 Å². The smallest absolute Gasteiger partial charge is 0.223 e. The summed E-state index contributed by atoms with van der Waals surface area (Å²) in [6.45, 7) is 5.14. The van der Waals surface area contributed by atoms with Crippen molar-refractivity contribution in [2.24, 2.45) is 17.6 Å². The van der Waals surface area contributed by atoms with E-state index in [1.165, 1.54) is 5.56 Å². The standard InChI is InChI=1S/C17H26N2O2.ClH/c1-12-6-8-15(9-7-12)21-13(2)11-19-17(20)16-5-3-4-14(16)10-18;/h6-9,13-14,16H,3-5,10-11,18H2,1-2H3,(H,19,20);1H/t13?,14-,16-;/m1./s1. The highest BCUT2D eigenvalue weighted by atomic mass is 35.5. The molecule has 3 atom stereocenters. The number of nitrogens with one attached hydrogen (secondary N) is 1. The van der Waals surface area contributed by atoms with Crippen LogP contribution in [0.2, 0.25) is 0 Å². The molecule has 1 aromatic carbocycles. The Labute approximate surface area is 139 Å². The van der Waals surface area contributed by atoms with Crippen LogP contribution in [0.5, 0.6) is 5.75 Å². The van der Waals surface area contributed by atoms with Gasteiger partial charge in [-0.15, -0.1) is 12.4 Å². The summed E-state index contributed by atoms with van der Waals surface area (Å²) in [7, 11) is 0. The summed E-state index contributed by atoms with van der Waals surface area (Å²) in [6, 6.07) is 7.94. The minimum Gasteiger partial charge on any atom is -0.489 e. The molecule has 0 spiro atoms. The molecule has 22 heavy (non-hydrogen) atoms. The Morgan fingerprint density at radius 2 is 2.05 bits per heavy atom. The van der Waals surface area contributed by atoms with Crippen LogP contribution in [-0.2, 0) is 4.79 Å². The largest absolute Gasteiger partial charge is 0.489 e. The van der Waals surface area contributed by atoms with E-state index in [0.29, 0.717) is 19.0 Å². The second-order valence-electron chi connectivity index (χ2n) is 6.02. The summed E-state index contributed by atoms with van der Waals surface area (Å²) in [5.74, 6) is 1.39. The van der Waals surface area contributed by atoms with Crippen LogP contribution >= 0.6 is 12.4 Å². The van der Waals surface area contributed by atoms with Crippen LogP contribution in [-0.4, -0.2) is 25.1 Å². The zero-order chi connectivity index (χ0) is 15.2. The van der Waals surface area contributed by atoms with Crippen LogP contribution in [0.15, 0.2) is 24.3 Å². The molecule has 5 heteroatoms. The monoisotopic (exact) mass is 326 g/mol. The van der Waals surface area contributed by atoms with Crippen LogP contribution in [0.1, 0.15) is 31.7 Å². The van der Waals surface area contributed by atoms with Gasteiger partial charge < -0.3 is 15.8 Å². The van der Waals surface area contributed by atoms with Crippen molar-refractivity contribution in [1.82, 2.24) is 5.32 Å². The Kier molecular flexibility index (Phi) is 7.69. The maximum absolute atomic E-state index is 12.2. The molecule has 1 amide bonds. The lowest BCUT2D eigenvalue weighted by atomic mass is 9.95. The lowest BCUT2D eigenvalue weighted by molar-refractivity contribution is -0.126. The first-order chi connectivity index (χ1) is 10.1. The number of carbonyl (C=O) groups is 1. The van der Waals surface area contributed by atoms with Crippen LogP contribution in [0.3, 0.4) is 0 Å². The molecule has 0 aromatic heterocycles. The number of amides is 1. The van der Waals surface area contributed by atoms with Crippen LogP contribution in [0.4, 0.5) is 0 Å². The number of rotatable bonds is 6. The van der Waals surface area contributed by atoms with Gasteiger partial charge in [0.25, 0.3) is 0 Å². The highest BCUT2D eigenvalue weighted by Gasteiger charge is 2.31. The van der Waals surface area contributed by atoms with Gasteiger partial charge in [0, 0.05) is 5.92 Å². The van der Waals surface area contributed by atoms with Gasteiger partial charge in [-0.2, -0.15) is 0 Å². The molecule has 1 saturated carbocycles. The molecule has 1 aliphatic carbocycles. The van der Waals surface area contributed by atoms with Gasteiger partial charge in [0.05, 0.1) is 6.54 Å². The van der Waals surface area contributed by atoms with E-state index in [1.54, 1.807) is 0 Å². The Hall–Kier alpha value is -1.26. The van der Waals surface area contributed by atoms with E-state index in [4.69, 9.17) is 10.5 Å². The lowest BCUT2D eigenvalue weighted by Gasteiger charge is -2.20. The van der Waals surface area contributed by atoms with Crippen molar-refractivity contribution in [3.63, 3.8) is 0 Å². The molecule has 4 nitrogen and oxygen atoms in total. The lowest BCUT2D eigenvalue weighted by Crippen LogP contribution is -2.39. The Morgan fingerprint density at radius 3 is 2.68 bits per heavy atom. The third kappa shape index (κ3) is 5.18. The average molecular weight is 327 g/mol. The quantitative estimate of drug-likeness (QED) is 0.844. The normalized spacial score (nSPS) is 21.8. The van der Waals surface area contributed by atoms with E-state index >= 15 is 0 Å². The molecule has 1 aliphatic rings. The molecule has 1 unspecified atom stereocenters. The van der Waals surface area contributed by atoms with Gasteiger partial charge in [-0.25, -0.2) is 0 Å². The highest BCUT2D eigenvalue weighted by molar-refractivity contribution is 5.85. The number of halogens is 1. The van der Waals surface area contributed by atoms with E-state index in [9.17, 15) is 4.79 Å². The Morgan fingerprint density at radius 1 is 1.36 bits per heavy atom. The Balaban J connectivity index is 0.00000242. The molecule has 1 aromatic rings. The molecule has 124 valence electrons. The van der Waals surface area contributed by atoms with E-state index in [0.717, 1.165) is 25.0 Å². The van der Waals surface area contributed by atoms with E-state index < -0.39 is 0 Å². The van der Waals surface area contributed by atoms with Gasteiger partial charge in [0.15, 0.2) is 0 Å². The average Bonchev–Trinajstić information content (AvgIpc) is 2.96. The fourth-order valence-corrected chi connectivity index (χ4v) is 2.93. The highest BCUT2D eigenvalue weighted by Crippen LogP contribution is 2.30. The summed E-state index contributed by atoms with van der Waals surface area (Å²) in [4.78, 5) is 12.2. The summed E-state index contributed by atoms with van der Waals surface area (Å²) in [6.07, 6.45) is 3.09. The van der Waals surface area contributed by atoms with Gasteiger partial charge in [-0.3, -0.25) is 4.79 Å². The molecule has 2 rings (SSSR count). The first-order valence-corrected chi connectivity index (χ1v) is 7.81. The van der Waals surface area contributed by atoms with Gasteiger partial charge in [0.1, 0.15) is 11.9 Å². The summed E-state index contributed by atoms with van der Waals surface area (Å²) < 4.78 is 5.80. The number of carbonyl (C=O) groups excluding carboxylic acids is 1. The molecule has 0 radical (unpaired) electrons. The van der Waals surface area contributed by atoms with E-state index in [2.05, 4.69) is 5.32 Å². The molecular weight excluding hydrogens is 300 g/mol. The van der Waals surface area contributed by atoms with Gasteiger partial charge in [-0.05, 0) is 51.3 Å². The maximum atomic E-state index is 12.2. The number of hydrogen-bond acceptors (Lipinski definition) is 3. The molecule has 3 N–H and O–H groups in total. The summed E-state index contributed by atoms with van der Waals surface area (Å²) >= 11 is 0. The zero-order valence-corrected chi connectivity index (χ0v) is 14.2. The second-order valence-corrected chi connectivity index (χ2v) is 6.02. The van der Waals surface area contributed by atoms with E-state index in [1.807, 2.05) is 38.1 Å². The number of benzene rings is 1. The predicted octanol–water partition coefficient (Wildman–Crippen LogP) is 2.68. The van der Waals surface area contributed by atoms with Crippen LogP contribution in [0, 0.1) is 18.8 Å². The minimum absolute atomic E-state index is 0. The SMILES string of the molecule is Cc1ccc(OC(C)CNC(=O)[C@@H]2CCC[C@@H]2CN)cc1.Cl. The first-order valence-electron chi connectivity index (χ1n) is 7.81. The predicted molar refractivity (Wildman–Crippen MR) is 91.4 cm³/mol. The first kappa shape index (κ1) is 18.8. The molecule has 0 heterocycles. The number of nitrogens with two attached hydrogens (primary N) is 1. The van der Waals surface area contributed by atoms with Crippen molar-refractivity contribution >= 4 is 18.3 Å². The third-order valence-corrected chi connectivity index (χ3v) is 4.22. The molecule has 1 fully saturated rings. The van der Waals surface area contributed by atoms with Crippen molar-refractivity contribution in [1.29, 1.82) is 0 Å². The molecule has 0 bridgehead atoms. The van der Waals surface area contributed by atoms with Crippen molar-refractivity contribution in [2.75, 3.05) is 13.1 Å². The zero-order valence-electron chi connectivity index (χ0n) is 13.4. The van der Waals surface area contributed by atoms with Crippen molar-refractivity contribution < 1.29 is 9.53 Å². The topological polar surface area (TPSA) is 64.3 Å². The summed E-state index contributed by atoms with van der Waals surface area (Å²) in [5.41, 5.74) is 6.93. The van der Waals surface area contributed by atoms with Crippen molar-refractivity contribution in [2.45, 2.75) is 39.2 Å². The fraction of sp³-hybridized carbons (Fsp3) is 0.588. The number of aryl methyl sites for hydroxylation is 1. The van der Waals surface area contributed by atoms with Crippen molar-refractivity contribution in [3.05, 3.63) is 29.8 Å². The Bertz CT molecular complexity index is 464. The summed E-state index contributed by atoms with van der Waals surface area (Å²) in [5, 5.41) is 3.00.